The first-order valence-corrected chi connectivity index (χ1v) is 11.3. The van der Waals surface area contributed by atoms with E-state index in [1.807, 2.05) is 24.3 Å². The van der Waals surface area contributed by atoms with E-state index >= 15 is 0 Å². The number of para-hydroxylation sites is 1. The molecule has 166 valence electrons. The van der Waals surface area contributed by atoms with Crippen LogP contribution >= 0.6 is 11.3 Å². The van der Waals surface area contributed by atoms with E-state index in [0.29, 0.717) is 23.3 Å². The van der Waals surface area contributed by atoms with Crippen molar-refractivity contribution in [3.05, 3.63) is 30.0 Å². The van der Waals surface area contributed by atoms with Gasteiger partial charge in [-0.25, -0.2) is 9.97 Å². The number of rotatable bonds is 6. The van der Waals surface area contributed by atoms with Crippen molar-refractivity contribution in [2.45, 2.75) is 52.3 Å². The third-order valence-corrected chi connectivity index (χ3v) is 6.86. The van der Waals surface area contributed by atoms with Crippen molar-refractivity contribution in [1.82, 2.24) is 15.0 Å². The average Bonchev–Trinajstić information content (AvgIpc) is 3.32. The summed E-state index contributed by atoms with van der Waals surface area (Å²) in [5, 5.41) is 6.59. The van der Waals surface area contributed by atoms with Crippen molar-refractivity contribution in [2.24, 2.45) is 11.8 Å². The van der Waals surface area contributed by atoms with E-state index in [0.717, 1.165) is 40.1 Å². The molecule has 1 aromatic carbocycles. The van der Waals surface area contributed by atoms with Crippen molar-refractivity contribution in [3.8, 4) is 10.6 Å². The van der Waals surface area contributed by atoms with Crippen molar-refractivity contribution in [2.75, 3.05) is 17.2 Å². The first-order chi connectivity index (χ1) is 14.7. The number of fused-ring (bicyclic) bond motifs is 1. The summed E-state index contributed by atoms with van der Waals surface area (Å²) < 4.78 is 39.2. The lowest BCUT2D eigenvalue weighted by Gasteiger charge is -2.19. The Morgan fingerprint density at radius 2 is 1.90 bits per heavy atom. The van der Waals surface area contributed by atoms with Crippen LogP contribution in [0.2, 0.25) is 0 Å². The summed E-state index contributed by atoms with van der Waals surface area (Å²) in [5.41, 5.74) is 2.24. The van der Waals surface area contributed by atoms with Crippen LogP contribution in [-0.4, -0.2) is 33.7 Å². The summed E-state index contributed by atoms with van der Waals surface area (Å²) in [5.74, 6) is 1.76. The molecule has 2 N–H and O–H groups in total. The summed E-state index contributed by atoms with van der Waals surface area (Å²) in [4.78, 5) is 13.5. The van der Waals surface area contributed by atoms with Gasteiger partial charge in [-0.15, -0.1) is 11.3 Å². The van der Waals surface area contributed by atoms with Crippen LogP contribution in [0.1, 0.15) is 38.8 Å². The number of anilines is 2. The summed E-state index contributed by atoms with van der Waals surface area (Å²) in [7, 11) is 0. The van der Waals surface area contributed by atoms with Crippen molar-refractivity contribution in [3.63, 3.8) is 0 Å². The number of alkyl halides is 3. The van der Waals surface area contributed by atoms with Crippen LogP contribution in [-0.2, 0) is 0 Å². The Bertz CT molecular complexity index is 1030. The molecular formula is C22H26F3N5S. The van der Waals surface area contributed by atoms with Gasteiger partial charge >= 0.3 is 6.18 Å². The SMILES string of the molecule is Cc1nc(NCC(F)(F)F)nc(NC2CCC(C(C)C)C2)c1-c1nc2ccccc2s1. The Morgan fingerprint density at radius 3 is 2.58 bits per heavy atom. The van der Waals surface area contributed by atoms with E-state index in [9.17, 15) is 13.2 Å². The number of aryl methyl sites for hydroxylation is 1. The molecule has 0 saturated heterocycles. The predicted molar refractivity (Wildman–Crippen MR) is 120 cm³/mol. The van der Waals surface area contributed by atoms with E-state index in [1.165, 1.54) is 11.3 Å². The molecule has 0 amide bonds. The van der Waals surface area contributed by atoms with Crippen molar-refractivity contribution >= 4 is 33.3 Å². The Kier molecular flexibility index (Phi) is 6.05. The molecule has 5 nitrogen and oxygen atoms in total. The second-order valence-corrected chi connectivity index (χ2v) is 9.50. The zero-order chi connectivity index (χ0) is 22.2. The van der Waals surface area contributed by atoms with Gasteiger partial charge < -0.3 is 10.6 Å². The molecule has 1 aliphatic carbocycles. The molecule has 4 rings (SSSR count). The van der Waals surface area contributed by atoms with E-state index in [4.69, 9.17) is 4.98 Å². The number of halogens is 3. The van der Waals surface area contributed by atoms with Crippen LogP contribution in [0.15, 0.2) is 24.3 Å². The van der Waals surface area contributed by atoms with Gasteiger partial charge in [0.05, 0.1) is 21.5 Å². The van der Waals surface area contributed by atoms with E-state index in [-0.39, 0.29) is 12.0 Å². The number of thiazole rings is 1. The quantitative estimate of drug-likeness (QED) is 0.464. The number of benzene rings is 1. The highest BCUT2D eigenvalue weighted by Gasteiger charge is 2.30. The molecule has 0 bridgehead atoms. The normalized spacial score (nSPS) is 19.3. The molecule has 0 spiro atoms. The van der Waals surface area contributed by atoms with Gasteiger partial charge in [-0.2, -0.15) is 18.2 Å². The smallest absolute Gasteiger partial charge is 0.367 e. The van der Waals surface area contributed by atoms with Gasteiger partial charge in [0.25, 0.3) is 0 Å². The topological polar surface area (TPSA) is 62.7 Å². The fraction of sp³-hybridized carbons (Fsp3) is 0.500. The van der Waals surface area contributed by atoms with Crippen molar-refractivity contribution < 1.29 is 13.2 Å². The highest BCUT2D eigenvalue weighted by Crippen LogP contribution is 2.39. The molecule has 1 aliphatic rings. The second kappa shape index (κ2) is 8.61. The number of nitrogens with zero attached hydrogens (tertiary/aromatic N) is 3. The minimum absolute atomic E-state index is 0.0272. The van der Waals surface area contributed by atoms with Crippen LogP contribution in [0.4, 0.5) is 24.9 Å². The first-order valence-electron chi connectivity index (χ1n) is 10.5. The van der Waals surface area contributed by atoms with Gasteiger partial charge in [-0.05, 0) is 50.2 Å². The molecule has 9 heteroatoms. The highest BCUT2D eigenvalue weighted by molar-refractivity contribution is 7.21. The second-order valence-electron chi connectivity index (χ2n) is 8.47. The number of hydrogen-bond acceptors (Lipinski definition) is 6. The van der Waals surface area contributed by atoms with E-state index in [2.05, 4.69) is 34.4 Å². The molecule has 31 heavy (non-hydrogen) atoms. The third kappa shape index (κ3) is 5.08. The van der Waals surface area contributed by atoms with Gasteiger partial charge in [0.1, 0.15) is 17.4 Å². The molecule has 1 saturated carbocycles. The van der Waals surface area contributed by atoms with Crippen LogP contribution in [0, 0.1) is 18.8 Å². The number of aromatic nitrogens is 3. The number of nitrogens with one attached hydrogen (secondary N) is 2. The Balaban J connectivity index is 1.70. The molecule has 0 radical (unpaired) electrons. The molecular weight excluding hydrogens is 423 g/mol. The maximum Gasteiger partial charge on any atom is 0.405 e. The Labute approximate surface area is 183 Å². The van der Waals surface area contributed by atoms with E-state index in [1.54, 1.807) is 6.92 Å². The van der Waals surface area contributed by atoms with E-state index < -0.39 is 12.7 Å². The summed E-state index contributed by atoms with van der Waals surface area (Å²) in [6.07, 6.45) is -1.18. The molecule has 2 heterocycles. The average molecular weight is 450 g/mol. The molecule has 2 unspecified atom stereocenters. The lowest BCUT2D eigenvalue weighted by Crippen LogP contribution is -2.24. The molecule has 2 atom stereocenters. The lowest BCUT2D eigenvalue weighted by molar-refractivity contribution is -0.115. The standard InChI is InChI=1S/C22H26F3N5S/c1-12(2)14-8-9-15(10-14)28-19-18(20-29-16-6-4-5-7-17(16)31-20)13(3)27-21(30-19)26-11-22(23,24)25/h4-7,12,14-15H,8-11H2,1-3H3,(H2,26,27,28,30). The van der Waals surface area contributed by atoms with Crippen LogP contribution in [0.5, 0.6) is 0 Å². The maximum atomic E-state index is 12.7. The zero-order valence-corrected chi connectivity index (χ0v) is 18.6. The maximum absolute atomic E-state index is 12.7. The van der Waals surface area contributed by atoms with Gasteiger partial charge in [-0.3, -0.25) is 0 Å². The highest BCUT2D eigenvalue weighted by atomic mass is 32.1. The van der Waals surface area contributed by atoms with Crippen LogP contribution < -0.4 is 10.6 Å². The molecule has 2 aromatic heterocycles. The lowest BCUT2D eigenvalue weighted by atomic mass is 9.94. The third-order valence-electron chi connectivity index (χ3n) is 5.80. The van der Waals surface area contributed by atoms with Crippen LogP contribution in [0.3, 0.4) is 0 Å². The molecule has 0 aliphatic heterocycles. The van der Waals surface area contributed by atoms with Gasteiger partial charge in [-0.1, -0.05) is 26.0 Å². The van der Waals surface area contributed by atoms with Gasteiger partial charge in [0, 0.05) is 6.04 Å². The first kappa shape index (κ1) is 21.8. The molecule has 3 aromatic rings. The largest absolute Gasteiger partial charge is 0.405 e. The molecule has 1 fully saturated rings. The van der Waals surface area contributed by atoms with Gasteiger partial charge in [0.15, 0.2) is 0 Å². The van der Waals surface area contributed by atoms with Gasteiger partial charge in [0.2, 0.25) is 5.95 Å². The Hall–Kier alpha value is -2.42. The summed E-state index contributed by atoms with van der Waals surface area (Å²) in [6.45, 7) is 5.07. The number of hydrogen-bond donors (Lipinski definition) is 2. The van der Waals surface area contributed by atoms with Crippen LogP contribution in [0.25, 0.3) is 20.8 Å². The summed E-state index contributed by atoms with van der Waals surface area (Å²) in [6, 6.07) is 8.07. The summed E-state index contributed by atoms with van der Waals surface area (Å²) >= 11 is 1.53. The fourth-order valence-corrected chi connectivity index (χ4v) is 5.18. The minimum atomic E-state index is -4.34. The predicted octanol–water partition coefficient (Wildman–Crippen LogP) is 6.27. The zero-order valence-electron chi connectivity index (χ0n) is 17.8. The van der Waals surface area contributed by atoms with Crippen molar-refractivity contribution in [1.29, 1.82) is 0 Å². The fourth-order valence-electron chi connectivity index (χ4n) is 4.12. The Morgan fingerprint density at radius 1 is 1.13 bits per heavy atom. The monoisotopic (exact) mass is 449 g/mol. The minimum Gasteiger partial charge on any atom is -0.367 e.